The molecule has 0 atom stereocenters. The Morgan fingerprint density at radius 2 is 1.63 bits per heavy atom. The van der Waals surface area contributed by atoms with Gasteiger partial charge in [0, 0.05) is 33.4 Å². The minimum atomic E-state index is -3.99. The third kappa shape index (κ3) is 5.80. The van der Waals surface area contributed by atoms with Crippen LogP contribution in [-0.4, -0.2) is 52.9 Å². The van der Waals surface area contributed by atoms with Crippen molar-refractivity contribution in [3.05, 3.63) is 58.7 Å². The lowest BCUT2D eigenvalue weighted by Crippen LogP contribution is -2.31. The highest BCUT2D eigenvalue weighted by Gasteiger charge is 2.19. The highest BCUT2D eigenvalue weighted by molar-refractivity contribution is 7.89. The van der Waals surface area contributed by atoms with Gasteiger partial charge in [-0.2, -0.15) is 0 Å². The minimum absolute atomic E-state index is 0.0249. The van der Waals surface area contributed by atoms with E-state index in [1.54, 1.807) is 20.9 Å². The van der Waals surface area contributed by atoms with Gasteiger partial charge in [0.05, 0.1) is 10.5 Å². The molecule has 1 amide bonds. The summed E-state index contributed by atoms with van der Waals surface area (Å²) in [5.74, 6) is -1.17. The van der Waals surface area contributed by atoms with Crippen molar-refractivity contribution >= 4 is 27.6 Å². The number of nitrogens with zero attached hydrogens (tertiary/aromatic N) is 2. The average Bonchev–Trinajstić information content (AvgIpc) is 2.67. The largest absolute Gasteiger partial charge is 0.452 e. The Kier molecular flexibility index (Phi) is 7.22. The van der Waals surface area contributed by atoms with Gasteiger partial charge in [-0.15, -0.1) is 0 Å². The SMILES string of the molecule is Cc1cc(C(=O)OCC(=O)N(C)Cc2ccc(N(C)C)cc2)cc(S(N)(=O)=O)c1C. The monoisotopic (exact) mass is 433 g/mol. The van der Waals surface area contributed by atoms with Gasteiger partial charge in [0.25, 0.3) is 5.91 Å². The van der Waals surface area contributed by atoms with E-state index in [-0.39, 0.29) is 16.4 Å². The van der Waals surface area contributed by atoms with Crippen molar-refractivity contribution in [2.24, 2.45) is 5.14 Å². The Labute approximate surface area is 177 Å². The van der Waals surface area contributed by atoms with Crippen LogP contribution in [0.2, 0.25) is 0 Å². The number of anilines is 1. The Balaban J connectivity index is 2.02. The lowest BCUT2D eigenvalue weighted by atomic mass is 10.1. The topological polar surface area (TPSA) is 110 Å². The molecule has 0 saturated heterocycles. The number of nitrogens with two attached hydrogens (primary N) is 1. The van der Waals surface area contributed by atoms with Crippen LogP contribution in [-0.2, 0) is 26.1 Å². The fourth-order valence-electron chi connectivity index (χ4n) is 2.82. The fourth-order valence-corrected chi connectivity index (χ4v) is 3.70. The number of sulfonamides is 1. The third-order valence-electron chi connectivity index (χ3n) is 4.79. The fraction of sp³-hybridized carbons (Fsp3) is 0.333. The van der Waals surface area contributed by atoms with Gasteiger partial charge in [0.1, 0.15) is 0 Å². The molecule has 0 unspecified atom stereocenters. The Morgan fingerprint density at radius 1 is 1.03 bits per heavy atom. The van der Waals surface area contributed by atoms with Gasteiger partial charge in [0.15, 0.2) is 6.61 Å². The maximum absolute atomic E-state index is 12.3. The van der Waals surface area contributed by atoms with E-state index in [0.717, 1.165) is 11.3 Å². The van der Waals surface area contributed by atoms with Gasteiger partial charge in [0.2, 0.25) is 10.0 Å². The number of esters is 1. The van der Waals surface area contributed by atoms with Gasteiger partial charge in [-0.1, -0.05) is 12.1 Å². The van der Waals surface area contributed by atoms with Crippen molar-refractivity contribution in [3.63, 3.8) is 0 Å². The molecule has 0 radical (unpaired) electrons. The quantitative estimate of drug-likeness (QED) is 0.667. The molecule has 8 nitrogen and oxygen atoms in total. The van der Waals surface area contributed by atoms with Crippen LogP contribution in [0.25, 0.3) is 0 Å². The van der Waals surface area contributed by atoms with Crippen LogP contribution in [0.4, 0.5) is 5.69 Å². The molecule has 0 heterocycles. The lowest BCUT2D eigenvalue weighted by Gasteiger charge is -2.18. The van der Waals surface area contributed by atoms with E-state index in [1.165, 1.54) is 17.0 Å². The number of hydrogen-bond acceptors (Lipinski definition) is 6. The minimum Gasteiger partial charge on any atom is -0.452 e. The zero-order valence-corrected chi connectivity index (χ0v) is 18.6. The standard InChI is InChI=1S/C21H27N3O5S/c1-14-10-17(11-19(15(14)2)30(22,27)28)21(26)29-13-20(25)24(5)12-16-6-8-18(9-7-16)23(3)4/h6-11H,12-13H2,1-5H3,(H2,22,27,28). The van der Waals surface area contributed by atoms with Crippen molar-refractivity contribution in [3.8, 4) is 0 Å². The summed E-state index contributed by atoms with van der Waals surface area (Å²) in [6.45, 7) is 3.18. The molecule has 0 spiro atoms. The van der Waals surface area contributed by atoms with E-state index in [0.29, 0.717) is 17.7 Å². The molecule has 30 heavy (non-hydrogen) atoms. The van der Waals surface area contributed by atoms with Crippen LogP contribution in [0.5, 0.6) is 0 Å². The van der Waals surface area contributed by atoms with Crippen molar-refractivity contribution in [2.75, 3.05) is 32.6 Å². The maximum Gasteiger partial charge on any atom is 0.338 e. The Morgan fingerprint density at radius 3 is 2.17 bits per heavy atom. The molecule has 0 saturated carbocycles. The molecular weight excluding hydrogens is 406 g/mol. The predicted molar refractivity (Wildman–Crippen MR) is 115 cm³/mol. The van der Waals surface area contributed by atoms with E-state index < -0.39 is 22.6 Å². The van der Waals surface area contributed by atoms with E-state index in [2.05, 4.69) is 0 Å². The van der Waals surface area contributed by atoms with Crippen LogP contribution in [0.1, 0.15) is 27.0 Å². The average molecular weight is 434 g/mol. The molecular formula is C21H27N3O5S. The summed E-state index contributed by atoms with van der Waals surface area (Å²) in [5.41, 5.74) is 3.06. The van der Waals surface area contributed by atoms with Gasteiger partial charge >= 0.3 is 5.97 Å². The second-order valence-corrected chi connectivity index (χ2v) is 8.88. The third-order valence-corrected chi connectivity index (χ3v) is 5.82. The molecule has 0 aliphatic rings. The predicted octanol–water partition coefficient (Wildman–Crippen LogP) is 1.83. The summed E-state index contributed by atoms with van der Waals surface area (Å²) in [6, 6.07) is 10.4. The van der Waals surface area contributed by atoms with Gasteiger partial charge < -0.3 is 14.5 Å². The summed E-state index contributed by atoms with van der Waals surface area (Å²) >= 11 is 0. The van der Waals surface area contributed by atoms with Gasteiger partial charge in [-0.3, -0.25) is 4.79 Å². The molecule has 2 rings (SSSR count). The van der Waals surface area contributed by atoms with Crippen molar-refractivity contribution in [1.82, 2.24) is 4.90 Å². The molecule has 0 aliphatic carbocycles. The normalized spacial score (nSPS) is 11.1. The van der Waals surface area contributed by atoms with Crippen LogP contribution in [0, 0.1) is 13.8 Å². The van der Waals surface area contributed by atoms with Crippen LogP contribution in [0.15, 0.2) is 41.3 Å². The molecule has 0 bridgehead atoms. The lowest BCUT2D eigenvalue weighted by molar-refractivity contribution is -0.133. The van der Waals surface area contributed by atoms with Gasteiger partial charge in [-0.25, -0.2) is 18.4 Å². The molecule has 0 aromatic heterocycles. The number of hydrogen-bond donors (Lipinski definition) is 1. The number of rotatable bonds is 7. The van der Waals surface area contributed by atoms with Crippen molar-refractivity contribution in [1.29, 1.82) is 0 Å². The van der Waals surface area contributed by atoms with E-state index in [9.17, 15) is 18.0 Å². The number of aryl methyl sites for hydroxylation is 1. The number of amides is 1. The first kappa shape index (κ1) is 23.4. The number of carbonyl (C=O) groups is 2. The van der Waals surface area contributed by atoms with Crippen LogP contribution < -0.4 is 10.0 Å². The Hall–Kier alpha value is -2.91. The molecule has 162 valence electrons. The maximum atomic E-state index is 12.3. The smallest absolute Gasteiger partial charge is 0.338 e. The first-order valence-electron chi connectivity index (χ1n) is 9.21. The van der Waals surface area contributed by atoms with Gasteiger partial charge in [-0.05, 0) is 54.8 Å². The van der Waals surface area contributed by atoms with E-state index in [1.807, 2.05) is 43.3 Å². The van der Waals surface area contributed by atoms with Crippen LogP contribution >= 0.6 is 0 Å². The molecule has 2 aromatic rings. The zero-order chi connectivity index (χ0) is 22.6. The zero-order valence-electron chi connectivity index (χ0n) is 17.8. The number of carbonyl (C=O) groups excluding carboxylic acids is 2. The van der Waals surface area contributed by atoms with E-state index in [4.69, 9.17) is 9.88 Å². The summed E-state index contributed by atoms with van der Waals surface area (Å²) in [7, 11) is 1.52. The summed E-state index contributed by atoms with van der Waals surface area (Å²) in [5, 5.41) is 5.21. The summed E-state index contributed by atoms with van der Waals surface area (Å²) < 4.78 is 28.5. The number of benzene rings is 2. The Bertz CT molecular complexity index is 1050. The van der Waals surface area contributed by atoms with Crippen molar-refractivity contribution < 1.29 is 22.7 Å². The first-order valence-corrected chi connectivity index (χ1v) is 10.8. The first-order chi connectivity index (χ1) is 13.9. The highest BCUT2D eigenvalue weighted by Crippen LogP contribution is 2.20. The highest BCUT2D eigenvalue weighted by atomic mass is 32.2. The summed E-state index contributed by atoms with van der Waals surface area (Å²) in [6.07, 6.45) is 0. The van der Waals surface area contributed by atoms with Crippen molar-refractivity contribution in [2.45, 2.75) is 25.3 Å². The number of likely N-dealkylation sites (N-methyl/N-ethyl adjacent to an activating group) is 1. The molecule has 0 aliphatic heterocycles. The number of ether oxygens (including phenoxy) is 1. The van der Waals surface area contributed by atoms with E-state index >= 15 is 0 Å². The molecule has 0 fully saturated rings. The molecule has 2 aromatic carbocycles. The molecule has 9 heteroatoms. The second-order valence-electron chi connectivity index (χ2n) is 7.35. The van der Waals surface area contributed by atoms with Crippen LogP contribution in [0.3, 0.4) is 0 Å². The second kappa shape index (κ2) is 9.27. The summed E-state index contributed by atoms with van der Waals surface area (Å²) in [4.78, 5) is 28.0. The number of primary sulfonamides is 1. The molecule has 2 N–H and O–H groups in total.